The first-order valence-corrected chi connectivity index (χ1v) is 7.49. The number of aliphatic carboxylic acids is 1. The van der Waals surface area contributed by atoms with Crippen molar-refractivity contribution in [1.29, 1.82) is 0 Å². The second kappa shape index (κ2) is 7.64. The molecule has 2 rings (SSSR count). The number of hydrogen-bond donors (Lipinski definition) is 1. The van der Waals surface area contributed by atoms with Crippen LogP contribution in [0.2, 0.25) is 0 Å². The zero-order valence-corrected chi connectivity index (χ0v) is 13.4. The van der Waals surface area contributed by atoms with Crippen molar-refractivity contribution in [3.05, 3.63) is 34.7 Å². The molecule has 0 aromatic heterocycles. The van der Waals surface area contributed by atoms with Crippen LogP contribution in [0.3, 0.4) is 0 Å². The molecule has 0 atom stereocenters. The first kappa shape index (κ1) is 17.5. The molecule has 1 heterocycles. The van der Waals surface area contributed by atoms with Crippen molar-refractivity contribution in [2.75, 3.05) is 20.3 Å². The Hall–Kier alpha value is -2.81. The van der Waals surface area contributed by atoms with Gasteiger partial charge in [-0.15, -0.1) is 0 Å². The number of benzene rings is 1. The molecule has 1 aromatic carbocycles. The predicted molar refractivity (Wildman–Crippen MR) is 84.3 cm³/mol. The highest BCUT2D eigenvalue weighted by Gasteiger charge is 2.36. The molecule has 1 fully saturated rings. The minimum absolute atomic E-state index is 0.143. The van der Waals surface area contributed by atoms with E-state index in [1.54, 1.807) is 24.3 Å². The molecule has 2 amide bonds. The van der Waals surface area contributed by atoms with Gasteiger partial charge in [0.2, 0.25) is 0 Å². The minimum atomic E-state index is -1.26. The molecule has 0 spiro atoms. The maximum absolute atomic E-state index is 12.0. The average Bonchev–Trinajstić information content (AvgIpc) is 2.81. The van der Waals surface area contributed by atoms with Gasteiger partial charge in [0.25, 0.3) is 11.1 Å². The summed E-state index contributed by atoms with van der Waals surface area (Å²) in [4.78, 5) is 46.1. The summed E-state index contributed by atoms with van der Waals surface area (Å²) in [7, 11) is 1.26. The van der Waals surface area contributed by atoms with Gasteiger partial charge in [-0.2, -0.15) is 0 Å². The molecule has 24 heavy (non-hydrogen) atoms. The van der Waals surface area contributed by atoms with Crippen LogP contribution in [0.1, 0.15) is 5.56 Å². The molecular formula is C15H13NO7S. The van der Waals surface area contributed by atoms with Gasteiger partial charge >= 0.3 is 11.9 Å². The summed E-state index contributed by atoms with van der Waals surface area (Å²) in [6.45, 7) is -0.883. The van der Waals surface area contributed by atoms with Gasteiger partial charge in [-0.05, 0) is 35.5 Å². The van der Waals surface area contributed by atoms with Gasteiger partial charge in [0.05, 0.1) is 12.0 Å². The van der Waals surface area contributed by atoms with Crippen LogP contribution in [-0.2, 0) is 19.1 Å². The average molecular weight is 351 g/mol. The summed E-state index contributed by atoms with van der Waals surface area (Å²) in [5.74, 6) is -1.97. The Morgan fingerprint density at radius 3 is 2.50 bits per heavy atom. The molecule has 9 heteroatoms. The topological polar surface area (TPSA) is 110 Å². The molecule has 0 bridgehead atoms. The van der Waals surface area contributed by atoms with E-state index in [4.69, 9.17) is 9.84 Å². The fourth-order valence-corrected chi connectivity index (χ4v) is 2.62. The molecule has 0 aliphatic carbocycles. The fraction of sp³-hybridized carbons (Fsp3) is 0.200. The van der Waals surface area contributed by atoms with Crippen LogP contribution < -0.4 is 4.74 Å². The van der Waals surface area contributed by atoms with Crippen LogP contribution in [0.5, 0.6) is 5.75 Å². The Morgan fingerprint density at radius 1 is 1.25 bits per heavy atom. The number of hydrogen-bond acceptors (Lipinski definition) is 7. The fourth-order valence-electron chi connectivity index (χ4n) is 1.78. The van der Waals surface area contributed by atoms with Gasteiger partial charge in [-0.1, -0.05) is 12.1 Å². The molecule has 1 aliphatic rings. The molecule has 0 saturated carbocycles. The number of esters is 1. The van der Waals surface area contributed by atoms with E-state index in [0.717, 1.165) is 0 Å². The Balaban J connectivity index is 2.06. The van der Waals surface area contributed by atoms with E-state index < -0.39 is 29.6 Å². The number of carbonyl (C=O) groups is 4. The van der Waals surface area contributed by atoms with Crippen LogP contribution in [0.4, 0.5) is 4.79 Å². The largest absolute Gasteiger partial charge is 0.482 e. The third-order valence-electron chi connectivity index (χ3n) is 2.93. The van der Waals surface area contributed by atoms with E-state index in [0.29, 0.717) is 28.0 Å². The molecule has 8 nitrogen and oxygen atoms in total. The van der Waals surface area contributed by atoms with Gasteiger partial charge in [0, 0.05) is 0 Å². The van der Waals surface area contributed by atoms with Crippen molar-refractivity contribution in [1.82, 2.24) is 4.90 Å². The number of nitrogens with zero attached hydrogens (tertiary/aromatic N) is 1. The second-order valence-electron chi connectivity index (χ2n) is 4.60. The predicted octanol–water partition coefficient (Wildman–Crippen LogP) is 1.36. The number of rotatable bonds is 6. The monoisotopic (exact) mass is 351 g/mol. The van der Waals surface area contributed by atoms with E-state index in [1.165, 1.54) is 13.2 Å². The maximum Gasteiger partial charge on any atom is 0.343 e. The molecule has 1 aromatic rings. The molecule has 126 valence electrons. The van der Waals surface area contributed by atoms with Crippen LogP contribution >= 0.6 is 11.8 Å². The van der Waals surface area contributed by atoms with Crippen LogP contribution in [0.15, 0.2) is 29.2 Å². The number of imide groups is 1. The number of amides is 2. The van der Waals surface area contributed by atoms with Crippen molar-refractivity contribution in [2.24, 2.45) is 0 Å². The minimum Gasteiger partial charge on any atom is -0.482 e. The number of thioether (sulfide) groups is 1. The summed E-state index contributed by atoms with van der Waals surface area (Å²) in [5, 5.41) is 8.08. The zero-order chi connectivity index (χ0) is 17.7. The standard InChI is InChI=1S/C15H13NO7S/c1-22-13(19)8-23-10-4-2-9(3-5-10)6-11-14(20)16(7-12(17)18)15(21)24-11/h2-6H,7-8H2,1H3,(H,17,18)/b11-6+. The van der Waals surface area contributed by atoms with Gasteiger partial charge in [-0.25, -0.2) is 4.79 Å². The first-order chi connectivity index (χ1) is 11.4. The normalized spacial score (nSPS) is 15.7. The van der Waals surface area contributed by atoms with Crippen LogP contribution in [-0.4, -0.2) is 53.4 Å². The second-order valence-corrected chi connectivity index (χ2v) is 5.59. The Bertz CT molecular complexity index is 711. The lowest BCUT2D eigenvalue weighted by Gasteiger charge is -2.07. The Kier molecular flexibility index (Phi) is 5.59. The van der Waals surface area contributed by atoms with E-state index in [1.807, 2.05) is 0 Å². The summed E-state index contributed by atoms with van der Waals surface area (Å²) in [6.07, 6.45) is 1.48. The highest BCUT2D eigenvalue weighted by atomic mass is 32.2. The van der Waals surface area contributed by atoms with E-state index >= 15 is 0 Å². The van der Waals surface area contributed by atoms with Crippen molar-refractivity contribution in [3.8, 4) is 5.75 Å². The summed E-state index contributed by atoms with van der Waals surface area (Å²) in [6, 6.07) is 6.46. The smallest absolute Gasteiger partial charge is 0.343 e. The highest BCUT2D eigenvalue weighted by Crippen LogP contribution is 2.32. The highest BCUT2D eigenvalue weighted by molar-refractivity contribution is 8.18. The number of carboxylic acids is 1. The lowest BCUT2D eigenvalue weighted by molar-refractivity contribution is -0.143. The van der Waals surface area contributed by atoms with Gasteiger partial charge < -0.3 is 14.6 Å². The van der Waals surface area contributed by atoms with E-state index in [2.05, 4.69) is 4.74 Å². The van der Waals surface area contributed by atoms with Gasteiger partial charge in [0.15, 0.2) is 6.61 Å². The van der Waals surface area contributed by atoms with Crippen LogP contribution in [0.25, 0.3) is 6.08 Å². The first-order valence-electron chi connectivity index (χ1n) is 6.67. The lowest BCUT2D eigenvalue weighted by atomic mass is 10.2. The molecule has 0 unspecified atom stereocenters. The van der Waals surface area contributed by atoms with Crippen LogP contribution in [0, 0.1) is 0 Å². The Morgan fingerprint density at radius 2 is 1.92 bits per heavy atom. The van der Waals surface area contributed by atoms with Crippen molar-refractivity contribution in [2.45, 2.75) is 0 Å². The van der Waals surface area contributed by atoms with E-state index in [9.17, 15) is 19.2 Å². The molecule has 1 N–H and O–H groups in total. The van der Waals surface area contributed by atoms with Crippen molar-refractivity contribution < 1.29 is 33.8 Å². The summed E-state index contributed by atoms with van der Waals surface area (Å²) < 4.78 is 9.64. The third-order valence-corrected chi connectivity index (χ3v) is 3.84. The zero-order valence-electron chi connectivity index (χ0n) is 12.6. The summed E-state index contributed by atoms with van der Waals surface area (Å²) in [5.41, 5.74) is 0.626. The van der Waals surface area contributed by atoms with Gasteiger partial charge in [0.1, 0.15) is 12.3 Å². The Labute approximate surface area is 141 Å². The number of carbonyl (C=O) groups excluding carboxylic acids is 3. The van der Waals surface area contributed by atoms with Crippen molar-refractivity contribution >= 4 is 40.9 Å². The number of methoxy groups -OCH3 is 1. The summed E-state index contributed by atoms with van der Waals surface area (Å²) >= 11 is 0.683. The van der Waals surface area contributed by atoms with Crippen molar-refractivity contribution in [3.63, 3.8) is 0 Å². The molecule has 1 saturated heterocycles. The SMILES string of the molecule is COC(=O)COc1ccc(/C=C2/SC(=O)N(CC(=O)O)C2=O)cc1. The van der Waals surface area contributed by atoms with Gasteiger partial charge in [-0.3, -0.25) is 19.3 Å². The quantitative estimate of drug-likeness (QED) is 0.604. The number of ether oxygens (including phenoxy) is 2. The molecule has 1 aliphatic heterocycles. The van der Waals surface area contributed by atoms with E-state index in [-0.39, 0.29) is 11.5 Å². The molecular weight excluding hydrogens is 338 g/mol. The lowest BCUT2D eigenvalue weighted by Crippen LogP contribution is -2.33. The maximum atomic E-state index is 12.0. The third kappa shape index (κ3) is 4.35. The number of carboxylic acid groups (broad SMARTS) is 1. The molecule has 0 radical (unpaired) electrons.